The highest BCUT2D eigenvalue weighted by Crippen LogP contribution is 2.37. The number of ether oxygens (including phenoxy) is 4. The first kappa shape index (κ1) is 28.0. The van der Waals surface area contributed by atoms with Crippen molar-refractivity contribution in [2.24, 2.45) is 4.99 Å². The van der Waals surface area contributed by atoms with Gasteiger partial charge < -0.3 is 18.9 Å². The lowest BCUT2D eigenvalue weighted by Gasteiger charge is -2.18. The van der Waals surface area contributed by atoms with Crippen LogP contribution in [0.3, 0.4) is 0 Å². The number of carbonyl (C=O) groups is 2. The van der Waals surface area contributed by atoms with Crippen molar-refractivity contribution in [3.8, 4) is 17.2 Å². The fourth-order valence-corrected chi connectivity index (χ4v) is 5.01. The Labute approximate surface area is 240 Å². The molecule has 2 amide bonds. The average Bonchev–Trinajstić information content (AvgIpc) is 3.60. The van der Waals surface area contributed by atoms with E-state index in [0.29, 0.717) is 60.0 Å². The van der Waals surface area contributed by atoms with Crippen molar-refractivity contribution in [1.29, 1.82) is 0 Å². The van der Waals surface area contributed by atoms with Gasteiger partial charge in [0.15, 0.2) is 16.7 Å². The molecule has 41 heavy (non-hydrogen) atoms. The fourth-order valence-electron chi connectivity index (χ4n) is 4.20. The third-order valence-corrected chi connectivity index (χ3v) is 7.14. The summed E-state index contributed by atoms with van der Waals surface area (Å²) in [7, 11) is 4.58. The molecule has 214 valence electrons. The molecule has 1 fully saturated rings. The Hall–Kier alpha value is -4.56. The molecule has 0 aliphatic carbocycles. The number of methoxy groups -OCH3 is 3. The summed E-state index contributed by atoms with van der Waals surface area (Å²) in [5, 5.41) is 8.95. The minimum atomic E-state index is -0.349. The molecular weight excluding hydrogens is 552 g/mol. The Balaban J connectivity index is 1.35. The second kappa shape index (κ2) is 12.7. The molecule has 0 atom stereocenters. The summed E-state index contributed by atoms with van der Waals surface area (Å²) >= 11 is 1.12. The number of aromatic nitrogens is 2. The van der Waals surface area contributed by atoms with Crippen molar-refractivity contribution in [1.82, 2.24) is 5.27 Å². The summed E-state index contributed by atoms with van der Waals surface area (Å²) in [6, 6.07) is 12.5. The van der Waals surface area contributed by atoms with Crippen molar-refractivity contribution in [3.05, 3.63) is 59.9 Å². The van der Waals surface area contributed by atoms with Gasteiger partial charge in [0.25, 0.3) is 12.1 Å². The lowest BCUT2D eigenvalue weighted by atomic mass is 10.1. The zero-order chi connectivity index (χ0) is 28.8. The molecule has 0 spiro atoms. The lowest BCUT2D eigenvalue weighted by molar-refractivity contribution is -0.759. The Morgan fingerprint density at radius 2 is 1.78 bits per heavy atom. The first-order valence-electron chi connectivity index (χ1n) is 12.6. The van der Waals surface area contributed by atoms with Gasteiger partial charge in [-0.15, -0.1) is 5.01 Å². The average molecular weight is 582 g/mol. The summed E-state index contributed by atoms with van der Waals surface area (Å²) in [4.78, 5) is 34.0. The van der Waals surface area contributed by atoms with Crippen LogP contribution < -0.4 is 34.2 Å². The topological polar surface area (TPSA) is 132 Å². The predicted molar refractivity (Wildman–Crippen MR) is 152 cm³/mol. The van der Waals surface area contributed by atoms with E-state index in [0.717, 1.165) is 11.8 Å². The van der Waals surface area contributed by atoms with E-state index in [1.165, 1.54) is 26.2 Å². The smallest absolute Gasteiger partial charge is 0.305 e. The molecule has 0 saturated carbocycles. The van der Waals surface area contributed by atoms with Gasteiger partial charge in [0.05, 0.1) is 63.9 Å². The van der Waals surface area contributed by atoms with Crippen molar-refractivity contribution in [3.63, 3.8) is 0 Å². The first-order valence-corrected chi connectivity index (χ1v) is 13.6. The number of para-hydroxylation sites is 1. The van der Waals surface area contributed by atoms with E-state index < -0.39 is 0 Å². The molecule has 2 aromatic carbocycles. The molecule has 5 rings (SSSR count). The second-order valence-corrected chi connectivity index (χ2v) is 9.68. The predicted octanol–water partition coefficient (Wildman–Crippen LogP) is 2.07. The SMILES string of the molecule is COc1cc(OC)c(OC)cc1/C=C1/N=C(SCC(=O)Nc2c[n+](N3CCOCC3)no2)N(c2ccccc2)C1=O. The molecule has 0 radical (unpaired) electrons. The van der Waals surface area contributed by atoms with Crippen LogP contribution in [0.5, 0.6) is 17.2 Å². The number of rotatable bonds is 9. The van der Waals surface area contributed by atoms with Gasteiger partial charge in [-0.2, -0.15) is 0 Å². The van der Waals surface area contributed by atoms with E-state index in [2.05, 4.69) is 15.6 Å². The van der Waals surface area contributed by atoms with Crippen LogP contribution in [0.2, 0.25) is 0 Å². The van der Waals surface area contributed by atoms with Crippen LogP contribution in [0, 0.1) is 0 Å². The van der Waals surface area contributed by atoms with Gasteiger partial charge in [0.1, 0.15) is 11.4 Å². The van der Waals surface area contributed by atoms with Crippen molar-refractivity contribution < 1.29 is 37.9 Å². The molecule has 1 N–H and O–H groups in total. The number of thioether (sulfide) groups is 1. The number of amidine groups is 1. The molecule has 3 heterocycles. The molecule has 2 aliphatic rings. The molecule has 1 aromatic heterocycles. The number of hydrogen-bond donors (Lipinski definition) is 1. The van der Waals surface area contributed by atoms with Crippen molar-refractivity contribution >= 4 is 46.4 Å². The summed E-state index contributed by atoms with van der Waals surface area (Å²) < 4.78 is 26.9. The molecule has 0 bridgehead atoms. The van der Waals surface area contributed by atoms with Crippen molar-refractivity contribution in [2.75, 3.05) is 68.6 Å². The fraction of sp³-hybridized carbons (Fsp3) is 0.296. The highest BCUT2D eigenvalue weighted by atomic mass is 32.2. The van der Waals surface area contributed by atoms with Crippen LogP contribution in [0.25, 0.3) is 6.08 Å². The standard InChI is InChI=1S/C27H28N6O7S/c1-36-21-15-23(38-3)22(37-2)14-18(21)13-20-26(35)33(19-7-5-4-6-8-19)27(28-20)41-17-24(34)29-25-16-32(30-40-25)31-9-11-39-12-10-31/h4-8,13-16H,9-12,17H2,1-3H3/p+1/b20-13+. The number of nitrogens with one attached hydrogen (secondary N) is 1. The molecule has 0 unspecified atom stereocenters. The Bertz CT molecular complexity index is 1470. The Morgan fingerprint density at radius 3 is 2.49 bits per heavy atom. The number of morpholine rings is 1. The third-order valence-electron chi connectivity index (χ3n) is 6.20. The zero-order valence-corrected chi connectivity index (χ0v) is 23.6. The molecular formula is C27H29N6O7S+. The number of hydrogen-bond acceptors (Lipinski definition) is 11. The van der Waals surface area contributed by atoms with Crippen LogP contribution in [0.15, 0.2) is 63.9 Å². The molecule has 1 saturated heterocycles. The van der Waals surface area contributed by atoms with E-state index in [1.54, 1.807) is 41.3 Å². The summed E-state index contributed by atoms with van der Waals surface area (Å²) in [6.45, 7) is 2.50. The normalized spacial score (nSPS) is 16.1. The first-order chi connectivity index (χ1) is 20.0. The minimum absolute atomic E-state index is 0.0271. The number of carbonyl (C=O) groups excluding carboxylic acids is 2. The van der Waals surface area contributed by atoms with Crippen LogP contribution in [-0.4, -0.2) is 75.6 Å². The zero-order valence-electron chi connectivity index (χ0n) is 22.7. The van der Waals surface area contributed by atoms with Gasteiger partial charge in [-0.3, -0.25) is 24.3 Å². The third kappa shape index (κ3) is 6.28. The largest absolute Gasteiger partial charge is 0.496 e. The Morgan fingerprint density at radius 1 is 1.07 bits per heavy atom. The highest BCUT2D eigenvalue weighted by molar-refractivity contribution is 8.14. The second-order valence-electron chi connectivity index (χ2n) is 8.74. The lowest BCUT2D eigenvalue weighted by Crippen LogP contribution is -2.62. The van der Waals surface area contributed by atoms with Gasteiger partial charge in [-0.05, 0) is 24.3 Å². The molecule has 3 aromatic rings. The van der Waals surface area contributed by atoms with Gasteiger partial charge in [-0.25, -0.2) is 4.99 Å². The number of anilines is 2. The number of amides is 2. The van der Waals surface area contributed by atoms with E-state index in [4.69, 9.17) is 23.5 Å². The number of benzene rings is 2. The van der Waals surface area contributed by atoms with Gasteiger partial charge in [0, 0.05) is 11.6 Å². The van der Waals surface area contributed by atoms with Crippen LogP contribution >= 0.6 is 11.8 Å². The van der Waals surface area contributed by atoms with E-state index in [-0.39, 0.29) is 29.1 Å². The van der Waals surface area contributed by atoms with Crippen LogP contribution in [0.4, 0.5) is 11.6 Å². The summed E-state index contributed by atoms with van der Waals surface area (Å²) in [5.74, 6) is 0.922. The van der Waals surface area contributed by atoms with Gasteiger partial charge >= 0.3 is 5.88 Å². The molecule has 2 aliphatic heterocycles. The number of aliphatic imine (C=N–C) groups is 1. The quantitative estimate of drug-likeness (QED) is 0.296. The molecule has 14 heteroatoms. The van der Waals surface area contributed by atoms with E-state index in [1.807, 2.05) is 23.2 Å². The maximum Gasteiger partial charge on any atom is 0.305 e. The maximum atomic E-state index is 13.6. The van der Waals surface area contributed by atoms with Gasteiger partial charge in [0.2, 0.25) is 11.2 Å². The van der Waals surface area contributed by atoms with E-state index >= 15 is 0 Å². The highest BCUT2D eigenvalue weighted by Gasteiger charge is 2.33. The van der Waals surface area contributed by atoms with Crippen molar-refractivity contribution in [2.45, 2.75) is 0 Å². The summed E-state index contributed by atoms with van der Waals surface area (Å²) in [5.41, 5.74) is 1.37. The van der Waals surface area contributed by atoms with E-state index in [9.17, 15) is 9.59 Å². The number of nitrogens with zero attached hydrogens (tertiary/aromatic N) is 5. The maximum absolute atomic E-state index is 13.6. The monoisotopic (exact) mass is 581 g/mol. The summed E-state index contributed by atoms with van der Waals surface area (Å²) in [6.07, 6.45) is 3.21. The van der Waals surface area contributed by atoms with Gasteiger partial charge in [-0.1, -0.05) is 30.0 Å². The minimum Gasteiger partial charge on any atom is -0.496 e. The van der Waals surface area contributed by atoms with Crippen LogP contribution in [-0.2, 0) is 14.3 Å². The molecule has 13 nitrogen and oxygen atoms in total. The Kier molecular flexibility index (Phi) is 8.70. The van der Waals surface area contributed by atoms with Crippen LogP contribution in [0.1, 0.15) is 5.56 Å².